The zero-order chi connectivity index (χ0) is 22.8. The molecule has 9 heteroatoms. The summed E-state index contributed by atoms with van der Waals surface area (Å²) < 4.78 is 7.14. The van der Waals surface area contributed by atoms with E-state index in [-0.39, 0.29) is 18.2 Å². The maximum Gasteiger partial charge on any atom is 0.266 e. The van der Waals surface area contributed by atoms with Crippen LogP contribution in [0.25, 0.3) is 27.8 Å². The molecule has 2 aromatic carbocycles. The van der Waals surface area contributed by atoms with E-state index in [1.165, 1.54) is 6.33 Å². The van der Waals surface area contributed by atoms with Crippen LogP contribution in [0.4, 0.5) is 5.82 Å². The fourth-order valence-corrected chi connectivity index (χ4v) is 3.67. The van der Waals surface area contributed by atoms with Crippen LogP contribution in [0.15, 0.2) is 66.0 Å². The number of imidazole rings is 1. The van der Waals surface area contributed by atoms with Crippen molar-refractivity contribution in [3.63, 3.8) is 0 Å². The highest BCUT2D eigenvalue weighted by molar-refractivity contribution is 5.82. The first kappa shape index (κ1) is 20.2. The normalized spacial score (nSPS) is 11.9. The first-order valence-electron chi connectivity index (χ1n) is 10.2. The maximum atomic E-state index is 13.6. The van der Waals surface area contributed by atoms with Crippen LogP contribution in [0.5, 0.6) is 5.75 Å². The quantitative estimate of drug-likeness (QED) is 0.392. The zero-order valence-electron chi connectivity index (χ0n) is 17.7. The summed E-state index contributed by atoms with van der Waals surface area (Å²) in [5.41, 5.74) is 2.25. The molecule has 0 fully saturated rings. The molecular formula is C24H19N7O2. The van der Waals surface area contributed by atoms with Crippen LogP contribution >= 0.6 is 0 Å². The number of nitrogens with zero attached hydrogens (tertiary/aromatic N) is 5. The molecule has 0 aliphatic heterocycles. The first-order valence-corrected chi connectivity index (χ1v) is 10.2. The summed E-state index contributed by atoms with van der Waals surface area (Å²) in [6.07, 6.45) is 8.31. The van der Waals surface area contributed by atoms with Crippen molar-refractivity contribution < 1.29 is 4.74 Å². The molecule has 0 aliphatic rings. The molecule has 33 heavy (non-hydrogen) atoms. The average molecular weight is 437 g/mol. The van der Waals surface area contributed by atoms with Crippen molar-refractivity contribution >= 4 is 27.9 Å². The number of para-hydroxylation sites is 1. The van der Waals surface area contributed by atoms with E-state index < -0.39 is 0 Å². The molecule has 1 unspecified atom stereocenters. The van der Waals surface area contributed by atoms with Gasteiger partial charge < -0.3 is 15.0 Å². The van der Waals surface area contributed by atoms with Gasteiger partial charge in [0.25, 0.3) is 5.56 Å². The fourth-order valence-electron chi connectivity index (χ4n) is 3.67. The molecule has 0 bridgehead atoms. The molecule has 0 saturated heterocycles. The van der Waals surface area contributed by atoms with E-state index in [4.69, 9.17) is 16.1 Å². The van der Waals surface area contributed by atoms with Gasteiger partial charge >= 0.3 is 0 Å². The van der Waals surface area contributed by atoms with Crippen LogP contribution < -0.4 is 15.6 Å². The number of terminal acetylenes is 1. The van der Waals surface area contributed by atoms with Gasteiger partial charge in [0.2, 0.25) is 0 Å². The molecule has 1 atom stereocenters. The third-order valence-corrected chi connectivity index (χ3v) is 5.16. The molecule has 9 nitrogen and oxygen atoms in total. The zero-order valence-corrected chi connectivity index (χ0v) is 17.7. The minimum atomic E-state index is -0.390. The van der Waals surface area contributed by atoms with Gasteiger partial charge in [-0.05, 0) is 31.2 Å². The van der Waals surface area contributed by atoms with Gasteiger partial charge in [0, 0.05) is 6.07 Å². The van der Waals surface area contributed by atoms with Crippen LogP contribution in [-0.2, 0) is 0 Å². The second-order valence-corrected chi connectivity index (χ2v) is 7.31. The third-order valence-electron chi connectivity index (χ3n) is 5.16. The van der Waals surface area contributed by atoms with Crippen molar-refractivity contribution in [1.82, 2.24) is 29.5 Å². The lowest BCUT2D eigenvalue weighted by atomic mass is 10.2. The highest BCUT2D eigenvalue weighted by Gasteiger charge is 2.20. The van der Waals surface area contributed by atoms with E-state index in [1.807, 2.05) is 37.3 Å². The summed E-state index contributed by atoms with van der Waals surface area (Å²) in [4.78, 5) is 34.1. The summed E-state index contributed by atoms with van der Waals surface area (Å²) in [6, 6.07) is 14.1. The highest BCUT2D eigenvalue weighted by Crippen LogP contribution is 2.25. The Bertz CT molecular complexity index is 1560. The third kappa shape index (κ3) is 3.74. The largest absolute Gasteiger partial charge is 0.481 e. The summed E-state index contributed by atoms with van der Waals surface area (Å²) in [5, 5.41) is 3.85. The van der Waals surface area contributed by atoms with E-state index in [2.05, 4.69) is 31.2 Å². The first-order chi connectivity index (χ1) is 16.2. The lowest BCUT2D eigenvalue weighted by molar-refractivity contribution is 0.370. The van der Waals surface area contributed by atoms with Gasteiger partial charge in [-0.1, -0.05) is 24.1 Å². The van der Waals surface area contributed by atoms with Gasteiger partial charge in [0.1, 0.15) is 30.0 Å². The Morgan fingerprint density at radius 2 is 2.06 bits per heavy atom. The monoisotopic (exact) mass is 437 g/mol. The predicted molar refractivity (Wildman–Crippen MR) is 125 cm³/mol. The van der Waals surface area contributed by atoms with Crippen molar-refractivity contribution in [3.05, 3.63) is 77.4 Å². The van der Waals surface area contributed by atoms with E-state index in [9.17, 15) is 4.79 Å². The molecule has 0 radical (unpaired) electrons. The Morgan fingerprint density at radius 3 is 2.94 bits per heavy atom. The van der Waals surface area contributed by atoms with Gasteiger partial charge in [-0.3, -0.25) is 9.36 Å². The maximum absolute atomic E-state index is 13.6. The number of hydrogen-bond acceptors (Lipinski definition) is 7. The van der Waals surface area contributed by atoms with Gasteiger partial charge in [-0.2, -0.15) is 0 Å². The fraction of sp³-hybridized carbons (Fsp3) is 0.125. The number of aromatic nitrogens is 6. The second-order valence-electron chi connectivity index (χ2n) is 7.31. The smallest absolute Gasteiger partial charge is 0.266 e. The lowest BCUT2D eigenvalue weighted by Gasteiger charge is -2.20. The Balaban J connectivity index is 1.66. The molecule has 0 spiro atoms. The Labute approximate surface area is 188 Å². The Hall–Kier alpha value is -4.71. The molecule has 3 heterocycles. The van der Waals surface area contributed by atoms with E-state index >= 15 is 0 Å². The van der Waals surface area contributed by atoms with Crippen LogP contribution in [0.1, 0.15) is 18.8 Å². The number of benzene rings is 2. The standard InChI is InChI=1S/C24H19N7O2/c1-3-11-33-17-8-6-7-16(12-17)31-23(30-19-10-5-4-9-18(19)24(31)32)15(2)29-22-20-21(26-13-25-20)27-14-28-22/h1,4-10,12-15H,11H2,2H3,(H2,25,26,27,28,29). The molecule has 5 aromatic rings. The van der Waals surface area contributed by atoms with Crippen molar-refractivity contribution in [2.24, 2.45) is 0 Å². The second kappa shape index (κ2) is 8.43. The summed E-state index contributed by atoms with van der Waals surface area (Å²) >= 11 is 0. The van der Waals surface area contributed by atoms with Crippen molar-refractivity contribution in [2.45, 2.75) is 13.0 Å². The summed E-state index contributed by atoms with van der Waals surface area (Å²) in [6.45, 7) is 2.04. The topological polar surface area (TPSA) is 111 Å². The van der Waals surface area contributed by atoms with E-state index in [1.54, 1.807) is 29.1 Å². The predicted octanol–water partition coefficient (Wildman–Crippen LogP) is 3.24. The molecule has 3 aromatic heterocycles. The molecule has 5 rings (SSSR count). The van der Waals surface area contributed by atoms with Crippen LogP contribution in [0.2, 0.25) is 0 Å². The van der Waals surface area contributed by atoms with Gasteiger partial charge in [-0.15, -0.1) is 6.42 Å². The lowest BCUT2D eigenvalue weighted by Crippen LogP contribution is -2.27. The number of nitrogens with one attached hydrogen (secondary N) is 2. The molecule has 162 valence electrons. The molecule has 0 aliphatic carbocycles. The van der Waals surface area contributed by atoms with E-state index in [0.717, 1.165) is 0 Å². The molecule has 0 saturated carbocycles. The van der Waals surface area contributed by atoms with Crippen LogP contribution in [-0.4, -0.2) is 36.1 Å². The summed E-state index contributed by atoms with van der Waals surface area (Å²) in [7, 11) is 0. The van der Waals surface area contributed by atoms with E-state index in [0.29, 0.717) is 45.1 Å². The van der Waals surface area contributed by atoms with Crippen molar-refractivity contribution in [3.8, 4) is 23.8 Å². The SMILES string of the molecule is C#CCOc1cccc(-n2c(C(C)Nc3ncnc4nc[nH]c34)nc3ccccc3c2=O)c1. The van der Waals surface area contributed by atoms with Gasteiger partial charge in [0.05, 0.1) is 29.0 Å². The number of aromatic amines is 1. The van der Waals surface area contributed by atoms with Crippen molar-refractivity contribution in [1.29, 1.82) is 0 Å². The summed E-state index contributed by atoms with van der Waals surface area (Å²) in [5.74, 6) is 4.08. The van der Waals surface area contributed by atoms with Gasteiger partial charge in [0.15, 0.2) is 11.5 Å². The minimum absolute atomic E-state index is 0.132. The number of ether oxygens (including phenoxy) is 1. The highest BCUT2D eigenvalue weighted by atomic mass is 16.5. The average Bonchev–Trinajstić information content (AvgIpc) is 3.33. The number of hydrogen-bond donors (Lipinski definition) is 2. The number of fused-ring (bicyclic) bond motifs is 2. The molecular weight excluding hydrogens is 418 g/mol. The van der Waals surface area contributed by atoms with Gasteiger partial charge in [-0.25, -0.2) is 19.9 Å². The Kier molecular flexibility index (Phi) is 5.16. The Morgan fingerprint density at radius 1 is 1.18 bits per heavy atom. The number of anilines is 1. The van der Waals surface area contributed by atoms with Crippen molar-refractivity contribution in [2.75, 3.05) is 11.9 Å². The number of rotatable bonds is 6. The molecule has 0 amide bonds. The minimum Gasteiger partial charge on any atom is -0.481 e. The van der Waals surface area contributed by atoms with Crippen LogP contribution in [0, 0.1) is 12.3 Å². The number of H-pyrrole nitrogens is 1. The molecule has 2 N–H and O–H groups in total. The van der Waals surface area contributed by atoms with Crippen LogP contribution in [0.3, 0.4) is 0 Å².